The standard InChI is InChI=1S/C18H16FN3O/c1-13-3-2-4-16(11-13)22-10-9-20-17(18(22)23)21-12-14-5-7-15(19)8-6-14/h2-11H,12H2,1H3,(H,20,21). The maximum absolute atomic E-state index is 12.9. The van der Waals surface area contributed by atoms with Crippen molar-refractivity contribution in [3.05, 3.63) is 88.2 Å². The van der Waals surface area contributed by atoms with Gasteiger partial charge in [0.2, 0.25) is 0 Å². The van der Waals surface area contributed by atoms with Crippen molar-refractivity contribution in [2.75, 3.05) is 5.32 Å². The van der Waals surface area contributed by atoms with Gasteiger partial charge in [0.25, 0.3) is 5.56 Å². The Labute approximate surface area is 133 Å². The summed E-state index contributed by atoms with van der Waals surface area (Å²) in [6.45, 7) is 2.38. The molecule has 0 radical (unpaired) electrons. The molecule has 0 unspecified atom stereocenters. The summed E-state index contributed by atoms with van der Waals surface area (Å²) in [6.07, 6.45) is 3.22. The summed E-state index contributed by atoms with van der Waals surface area (Å²) in [5.41, 5.74) is 2.52. The van der Waals surface area contributed by atoms with Crippen molar-refractivity contribution in [2.24, 2.45) is 0 Å². The fraction of sp³-hybridized carbons (Fsp3) is 0.111. The highest BCUT2D eigenvalue weighted by Crippen LogP contribution is 2.09. The second-order valence-electron chi connectivity index (χ2n) is 5.27. The average Bonchev–Trinajstić information content (AvgIpc) is 2.55. The van der Waals surface area contributed by atoms with Crippen molar-refractivity contribution in [1.29, 1.82) is 0 Å². The molecule has 0 aliphatic rings. The first kappa shape index (κ1) is 15.0. The number of anilines is 1. The van der Waals surface area contributed by atoms with Gasteiger partial charge in [-0.3, -0.25) is 9.36 Å². The molecule has 0 fully saturated rings. The highest BCUT2D eigenvalue weighted by Gasteiger charge is 2.06. The third kappa shape index (κ3) is 3.45. The monoisotopic (exact) mass is 309 g/mol. The lowest BCUT2D eigenvalue weighted by atomic mass is 10.2. The fourth-order valence-electron chi connectivity index (χ4n) is 2.30. The molecule has 0 atom stereocenters. The van der Waals surface area contributed by atoms with Crippen molar-refractivity contribution in [2.45, 2.75) is 13.5 Å². The van der Waals surface area contributed by atoms with Crippen LogP contribution >= 0.6 is 0 Å². The second-order valence-corrected chi connectivity index (χ2v) is 5.27. The molecule has 1 aromatic heterocycles. The van der Waals surface area contributed by atoms with Crippen LogP contribution in [0.2, 0.25) is 0 Å². The van der Waals surface area contributed by atoms with Crippen LogP contribution < -0.4 is 10.9 Å². The Bertz CT molecular complexity index is 872. The molecule has 0 saturated heterocycles. The van der Waals surface area contributed by atoms with Gasteiger partial charge in [-0.2, -0.15) is 0 Å². The minimum Gasteiger partial charge on any atom is -0.361 e. The van der Waals surface area contributed by atoms with Gasteiger partial charge >= 0.3 is 0 Å². The quantitative estimate of drug-likeness (QED) is 0.804. The summed E-state index contributed by atoms with van der Waals surface area (Å²) in [5.74, 6) is -0.0216. The van der Waals surface area contributed by atoms with Crippen LogP contribution in [0.25, 0.3) is 5.69 Å². The van der Waals surface area contributed by atoms with Crippen LogP contribution in [0.15, 0.2) is 65.7 Å². The molecule has 1 heterocycles. The molecular weight excluding hydrogens is 293 g/mol. The fourth-order valence-corrected chi connectivity index (χ4v) is 2.30. The minimum atomic E-state index is -0.284. The lowest BCUT2D eigenvalue weighted by Crippen LogP contribution is -2.23. The maximum Gasteiger partial charge on any atom is 0.297 e. The summed E-state index contributed by atoms with van der Waals surface area (Å²) >= 11 is 0. The zero-order valence-corrected chi connectivity index (χ0v) is 12.7. The highest BCUT2D eigenvalue weighted by molar-refractivity contribution is 5.40. The molecule has 3 aromatic rings. The van der Waals surface area contributed by atoms with Crippen LogP contribution in [-0.4, -0.2) is 9.55 Å². The molecule has 1 N–H and O–H groups in total. The number of benzene rings is 2. The van der Waals surface area contributed by atoms with Crippen LogP contribution in [0.5, 0.6) is 0 Å². The molecule has 3 rings (SSSR count). The van der Waals surface area contributed by atoms with Gasteiger partial charge in [0.1, 0.15) is 5.82 Å². The summed E-state index contributed by atoms with van der Waals surface area (Å²) in [7, 11) is 0. The van der Waals surface area contributed by atoms with Gasteiger partial charge in [0, 0.05) is 24.6 Å². The van der Waals surface area contributed by atoms with Gasteiger partial charge < -0.3 is 5.32 Å². The lowest BCUT2D eigenvalue weighted by Gasteiger charge is -2.09. The molecule has 2 aromatic carbocycles. The van der Waals surface area contributed by atoms with E-state index in [9.17, 15) is 9.18 Å². The van der Waals surface area contributed by atoms with Gasteiger partial charge in [-0.05, 0) is 42.3 Å². The molecule has 0 bridgehead atoms. The Morgan fingerprint density at radius 2 is 1.96 bits per heavy atom. The van der Waals surface area contributed by atoms with Crippen LogP contribution in [-0.2, 0) is 6.54 Å². The van der Waals surface area contributed by atoms with Crippen molar-refractivity contribution in [1.82, 2.24) is 9.55 Å². The van der Waals surface area contributed by atoms with E-state index in [0.29, 0.717) is 6.54 Å². The predicted octanol–water partition coefficient (Wildman–Crippen LogP) is 3.29. The molecule has 0 spiro atoms. The first-order chi connectivity index (χ1) is 11.1. The van der Waals surface area contributed by atoms with Gasteiger partial charge in [-0.1, -0.05) is 24.3 Å². The number of hydrogen-bond donors (Lipinski definition) is 1. The van der Waals surface area contributed by atoms with E-state index in [-0.39, 0.29) is 17.2 Å². The summed E-state index contributed by atoms with van der Waals surface area (Å²) < 4.78 is 14.4. The first-order valence-corrected chi connectivity index (χ1v) is 7.26. The third-order valence-electron chi connectivity index (χ3n) is 3.49. The molecule has 0 aliphatic carbocycles. The van der Waals surface area contributed by atoms with Crippen molar-refractivity contribution in [3.63, 3.8) is 0 Å². The van der Waals surface area contributed by atoms with Crippen LogP contribution in [0.1, 0.15) is 11.1 Å². The molecule has 23 heavy (non-hydrogen) atoms. The molecule has 4 nitrogen and oxygen atoms in total. The number of aryl methyl sites for hydroxylation is 1. The van der Waals surface area contributed by atoms with Crippen LogP contribution in [0, 0.1) is 12.7 Å². The molecule has 0 saturated carbocycles. The van der Waals surface area contributed by atoms with E-state index >= 15 is 0 Å². The highest BCUT2D eigenvalue weighted by atomic mass is 19.1. The Morgan fingerprint density at radius 1 is 1.17 bits per heavy atom. The molecule has 116 valence electrons. The van der Waals surface area contributed by atoms with E-state index in [1.54, 1.807) is 29.1 Å². The van der Waals surface area contributed by atoms with E-state index in [1.165, 1.54) is 12.1 Å². The number of nitrogens with one attached hydrogen (secondary N) is 1. The van der Waals surface area contributed by atoms with E-state index in [2.05, 4.69) is 10.3 Å². The van der Waals surface area contributed by atoms with E-state index < -0.39 is 0 Å². The van der Waals surface area contributed by atoms with E-state index in [1.807, 2.05) is 31.2 Å². The Balaban J connectivity index is 1.85. The molecular formula is C18H16FN3O. The van der Waals surface area contributed by atoms with Gasteiger partial charge in [0.05, 0.1) is 0 Å². The topological polar surface area (TPSA) is 46.9 Å². The third-order valence-corrected chi connectivity index (χ3v) is 3.49. The number of hydrogen-bond acceptors (Lipinski definition) is 3. The zero-order chi connectivity index (χ0) is 16.2. The summed E-state index contributed by atoms with van der Waals surface area (Å²) in [4.78, 5) is 16.6. The van der Waals surface area contributed by atoms with Crippen molar-refractivity contribution >= 4 is 5.82 Å². The smallest absolute Gasteiger partial charge is 0.297 e. The van der Waals surface area contributed by atoms with Gasteiger partial charge in [0.15, 0.2) is 5.82 Å². The van der Waals surface area contributed by atoms with Crippen molar-refractivity contribution in [3.8, 4) is 5.69 Å². The average molecular weight is 309 g/mol. The van der Waals surface area contributed by atoms with E-state index in [4.69, 9.17) is 0 Å². The van der Waals surface area contributed by atoms with Crippen LogP contribution in [0.3, 0.4) is 0 Å². The number of rotatable bonds is 4. The number of halogens is 1. The van der Waals surface area contributed by atoms with E-state index in [0.717, 1.165) is 16.8 Å². The predicted molar refractivity (Wildman–Crippen MR) is 88.3 cm³/mol. The SMILES string of the molecule is Cc1cccc(-n2ccnc(NCc3ccc(F)cc3)c2=O)c1. The zero-order valence-electron chi connectivity index (χ0n) is 12.7. The maximum atomic E-state index is 12.9. The minimum absolute atomic E-state index is 0.222. The Hall–Kier alpha value is -2.95. The van der Waals surface area contributed by atoms with Gasteiger partial charge in [-0.15, -0.1) is 0 Å². The largest absolute Gasteiger partial charge is 0.361 e. The Kier molecular flexibility index (Phi) is 4.19. The van der Waals surface area contributed by atoms with Gasteiger partial charge in [-0.25, -0.2) is 9.37 Å². The van der Waals surface area contributed by atoms with Crippen molar-refractivity contribution < 1.29 is 4.39 Å². The molecule has 5 heteroatoms. The first-order valence-electron chi connectivity index (χ1n) is 7.26. The number of aromatic nitrogens is 2. The molecule has 0 aliphatic heterocycles. The summed E-state index contributed by atoms with van der Waals surface area (Å²) in [6, 6.07) is 13.8. The summed E-state index contributed by atoms with van der Waals surface area (Å²) in [5, 5.41) is 3.01. The lowest BCUT2D eigenvalue weighted by molar-refractivity contribution is 0.627. The number of nitrogens with zero attached hydrogens (tertiary/aromatic N) is 2. The Morgan fingerprint density at radius 3 is 2.70 bits per heavy atom. The normalized spacial score (nSPS) is 10.5. The second kappa shape index (κ2) is 6.44. The molecule has 0 amide bonds. The van der Waals surface area contributed by atoms with Crippen LogP contribution in [0.4, 0.5) is 10.2 Å².